The van der Waals surface area contributed by atoms with Crippen molar-refractivity contribution in [2.45, 2.75) is 47.6 Å². The largest absolute Gasteiger partial charge is 0.454 e. The fourth-order valence-corrected chi connectivity index (χ4v) is 2.93. The van der Waals surface area contributed by atoms with E-state index in [9.17, 15) is 4.79 Å². The number of rotatable bonds is 7. The lowest BCUT2D eigenvalue weighted by molar-refractivity contribution is 0.0175. The second-order valence-electron chi connectivity index (χ2n) is 7.68. The Bertz CT molecular complexity index is 838. The lowest BCUT2D eigenvalue weighted by Gasteiger charge is -2.23. The van der Waals surface area contributed by atoms with Gasteiger partial charge in [-0.05, 0) is 62.4 Å². The number of esters is 1. The summed E-state index contributed by atoms with van der Waals surface area (Å²) in [5.74, 6) is -0.109. The average Bonchev–Trinajstić information content (AvgIpc) is 2.67. The molecule has 0 aliphatic carbocycles. The first-order valence-corrected chi connectivity index (χ1v) is 9.86. The van der Waals surface area contributed by atoms with Crippen LogP contribution in [0.3, 0.4) is 0 Å². The first-order valence-electron chi connectivity index (χ1n) is 9.86. The molecular weight excluding hydrogens is 348 g/mol. The Morgan fingerprint density at radius 3 is 2.29 bits per heavy atom. The Labute approximate surface area is 169 Å². The average molecular weight is 381 g/mol. The van der Waals surface area contributed by atoms with Gasteiger partial charge in [0, 0.05) is 13.6 Å². The minimum absolute atomic E-state index is 0.182. The van der Waals surface area contributed by atoms with Crippen molar-refractivity contribution in [3.8, 4) is 0 Å². The Morgan fingerprint density at radius 2 is 1.71 bits per heavy atom. The number of hydrogen-bond donors (Lipinski definition) is 0. The predicted octanol–water partition coefficient (Wildman–Crippen LogP) is 5.78. The van der Waals surface area contributed by atoms with Crippen molar-refractivity contribution in [2.24, 2.45) is 10.9 Å². The van der Waals surface area contributed by atoms with E-state index >= 15 is 0 Å². The second kappa shape index (κ2) is 9.54. The molecule has 4 heteroatoms. The van der Waals surface area contributed by atoms with Crippen LogP contribution >= 0.6 is 0 Å². The van der Waals surface area contributed by atoms with E-state index in [0.717, 1.165) is 28.9 Å². The van der Waals surface area contributed by atoms with Gasteiger partial charge in [0.15, 0.2) is 0 Å². The summed E-state index contributed by atoms with van der Waals surface area (Å²) in [6.07, 6.45) is 1.54. The first-order chi connectivity index (χ1) is 13.2. The molecule has 1 atom stereocenters. The van der Waals surface area contributed by atoms with E-state index in [2.05, 4.69) is 32.7 Å². The number of nitrogens with zero attached hydrogens (tertiary/aromatic N) is 2. The van der Waals surface area contributed by atoms with Crippen LogP contribution in [-0.2, 0) is 4.74 Å². The molecule has 1 unspecified atom stereocenters. The third kappa shape index (κ3) is 5.22. The first kappa shape index (κ1) is 21.7. The lowest BCUT2D eigenvalue weighted by atomic mass is 9.97. The molecule has 0 aromatic heterocycles. The van der Waals surface area contributed by atoms with Crippen LogP contribution in [0.2, 0.25) is 0 Å². The van der Waals surface area contributed by atoms with Crippen molar-refractivity contribution in [3.05, 3.63) is 64.2 Å². The van der Waals surface area contributed by atoms with Crippen molar-refractivity contribution in [2.75, 3.05) is 13.6 Å². The van der Waals surface area contributed by atoms with Crippen molar-refractivity contribution in [3.63, 3.8) is 0 Å². The molecule has 0 aliphatic rings. The van der Waals surface area contributed by atoms with E-state index < -0.39 is 0 Å². The number of ether oxygens (including phenoxy) is 1. The van der Waals surface area contributed by atoms with Crippen LogP contribution in [0.4, 0.5) is 5.69 Å². The van der Waals surface area contributed by atoms with E-state index in [4.69, 9.17) is 4.74 Å². The summed E-state index contributed by atoms with van der Waals surface area (Å²) in [5, 5.41) is 0. The molecule has 0 fully saturated rings. The SMILES string of the molecule is CCN(C)C=Nc1ccc(C(=O)OC(c2ccc(C)cc2)C(C)C)c(C)c1C. The zero-order chi connectivity index (χ0) is 20.8. The maximum absolute atomic E-state index is 12.9. The second-order valence-corrected chi connectivity index (χ2v) is 7.68. The minimum Gasteiger partial charge on any atom is -0.454 e. The third-order valence-electron chi connectivity index (χ3n) is 5.12. The molecule has 0 radical (unpaired) electrons. The molecule has 0 spiro atoms. The zero-order valence-electron chi connectivity index (χ0n) is 18.1. The molecule has 2 rings (SSSR count). The highest BCUT2D eigenvalue weighted by molar-refractivity contribution is 5.92. The van der Waals surface area contributed by atoms with E-state index in [-0.39, 0.29) is 18.0 Å². The standard InChI is InChI=1S/C24H32N2O2/c1-8-26(7)15-25-22-14-13-21(18(5)19(22)6)24(27)28-23(16(2)3)20-11-9-17(4)10-12-20/h9-16,23H,8H2,1-7H3. The summed E-state index contributed by atoms with van der Waals surface area (Å²) in [6, 6.07) is 11.9. The number of carbonyl (C=O) groups is 1. The van der Waals surface area contributed by atoms with Gasteiger partial charge < -0.3 is 9.64 Å². The zero-order valence-corrected chi connectivity index (χ0v) is 18.1. The van der Waals surface area contributed by atoms with Crippen LogP contribution in [0.5, 0.6) is 0 Å². The highest BCUT2D eigenvalue weighted by atomic mass is 16.5. The van der Waals surface area contributed by atoms with Crippen molar-refractivity contribution in [1.82, 2.24) is 4.90 Å². The van der Waals surface area contributed by atoms with Gasteiger partial charge in [0.2, 0.25) is 0 Å². The molecule has 150 valence electrons. The number of hydrogen-bond acceptors (Lipinski definition) is 3. The van der Waals surface area contributed by atoms with Gasteiger partial charge in [-0.15, -0.1) is 0 Å². The molecule has 0 saturated heterocycles. The third-order valence-corrected chi connectivity index (χ3v) is 5.12. The Balaban J connectivity index is 2.26. The molecule has 0 aliphatic heterocycles. The molecule has 2 aromatic carbocycles. The Kier molecular flexibility index (Phi) is 7.38. The van der Waals surface area contributed by atoms with Gasteiger partial charge in [-0.1, -0.05) is 43.7 Å². The maximum Gasteiger partial charge on any atom is 0.339 e. The summed E-state index contributed by atoms with van der Waals surface area (Å²) in [7, 11) is 1.98. The van der Waals surface area contributed by atoms with Crippen molar-refractivity contribution >= 4 is 18.0 Å². The number of aliphatic imine (C=N–C) groups is 1. The van der Waals surface area contributed by atoms with Gasteiger partial charge in [-0.25, -0.2) is 9.79 Å². The van der Waals surface area contributed by atoms with Gasteiger partial charge >= 0.3 is 5.97 Å². The highest BCUT2D eigenvalue weighted by Crippen LogP contribution is 2.30. The predicted molar refractivity (Wildman–Crippen MR) is 117 cm³/mol. The monoisotopic (exact) mass is 380 g/mol. The molecule has 0 saturated carbocycles. The topological polar surface area (TPSA) is 41.9 Å². The quantitative estimate of drug-likeness (QED) is 0.347. The van der Waals surface area contributed by atoms with Crippen LogP contribution in [-0.4, -0.2) is 30.8 Å². The van der Waals surface area contributed by atoms with Crippen LogP contribution in [0.25, 0.3) is 0 Å². The van der Waals surface area contributed by atoms with E-state index in [1.807, 2.05) is 68.5 Å². The Hall–Kier alpha value is -2.62. The minimum atomic E-state index is -0.291. The van der Waals surface area contributed by atoms with Crippen LogP contribution in [0.1, 0.15) is 59.5 Å². The normalized spacial score (nSPS) is 12.4. The fourth-order valence-electron chi connectivity index (χ4n) is 2.93. The molecule has 28 heavy (non-hydrogen) atoms. The smallest absolute Gasteiger partial charge is 0.339 e. The molecule has 0 heterocycles. The van der Waals surface area contributed by atoms with Crippen LogP contribution in [0.15, 0.2) is 41.4 Å². The lowest BCUT2D eigenvalue weighted by Crippen LogP contribution is -2.17. The Morgan fingerprint density at radius 1 is 1.07 bits per heavy atom. The number of aryl methyl sites for hydroxylation is 1. The maximum atomic E-state index is 12.9. The molecule has 0 bridgehead atoms. The van der Waals surface area contributed by atoms with Crippen molar-refractivity contribution in [1.29, 1.82) is 0 Å². The number of benzene rings is 2. The van der Waals surface area contributed by atoms with E-state index in [0.29, 0.717) is 5.56 Å². The summed E-state index contributed by atoms with van der Waals surface area (Å²) >= 11 is 0. The number of carbonyl (C=O) groups excluding carboxylic acids is 1. The summed E-state index contributed by atoms with van der Waals surface area (Å²) in [4.78, 5) is 19.5. The molecule has 0 amide bonds. The van der Waals surface area contributed by atoms with Crippen LogP contribution in [0, 0.1) is 26.7 Å². The summed E-state index contributed by atoms with van der Waals surface area (Å²) in [6.45, 7) is 13.1. The molecule has 2 aromatic rings. The van der Waals surface area contributed by atoms with Gasteiger partial charge in [-0.3, -0.25) is 0 Å². The molecular formula is C24H32N2O2. The van der Waals surface area contributed by atoms with E-state index in [1.54, 1.807) is 0 Å². The highest BCUT2D eigenvalue weighted by Gasteiger charge is 2.23. The van der Waals surface area contributed by atoms with Crippen LogP contribution < -0.4 is 0 Å². The molecule has 4 nitrogen and oxygen atoms in total. The van der Waals surface area contributed by atoms with Gasteiger partial charge in [0.25, 0.3) is 0 Å². The van der Waals surface area contributed by atoms with Gasteiger partial charge in [0.05, 0.1) is 17.6 Å². The van der Waals surface area contributed by atoms with Gasteiger partial charge in [0.1, 0.15) is 6.10 Å². The van der Waals surface area contributed by atoms with Crippen molar-refractivity contribution < 1.29 is 9.53 Å². The fraction of sp³-hybridized carbons (Fsp3) is 0.417. The summed E-state index contributed by atoms with van der Waals surface area (Å²) in [5.41, 5.74) is 5.57. The van der Waals surface area contributed by atoms with E-state index in [1.165, 1.54) is 5.56 Å². The summed E-state index contributed by atoms with van der Waals surface area (Å²) < 4.78 is 5.93. The molecule has 0 N–H and O–H groups in total. The van der Waals surface area contributed by atoms with Gasteiger partial charge in [-0.2, -0.15) is 0 Å².